The number of nitrogens with one attached hydrogen (secondary N) is 2. The summed E-state index contributed by atoms with van der Waals surface area (Å²) in [6, 6.07) is 5.12. The normalized spacial score (nSPS) is 14.2. The van der Waals surface area contributed by atoms with E-state index in [1.165, 1.54) is 9.08 Å². The van der Waals surface area contributed by atoms with Gasteiger partial charge in [-0.3, -0.25) is 14.2 Å². The fourth-order valence-corrected chi connectivity index (χ4v) is 3.03. The molecule has 1 amide bonds. The number of carbonyl (C=O) groups is 1. The zero-order valence-corrected chi connectivity index (χ0v) is 16.5. The first-order valence-electron chi connectivity index (χ1n) is 9.44. The van der Waals surface area contributed by atoms with Gasteiger partial charge in [-0.1, -0.05) is 20.8 Å². The molecule has 3 N–H and O–H groups in total. The number of aromatic nitrogens is 5. The van der Waals surface area contributed by atoms with Crippen LogP contribution in [0.25, 0.3) is 5.65 Å². The van der Waals surface area contributed by atoms with E-state index >= 15 is 0 Å². The molecular weight excluding hydrogens is 374 g/mol. The summed E-state index contributed by atoms with van der Waals surface area (Å²) in [5, 5.41) is 28.5. The molecule has 1 aliphatic rings. The maximum atomic E-state index is 13.2. The van der Waals surface area contributed by atoms with Crippen LogP contribution in [-0.2, 0) is 6.54 Å². The predicted molar refractivity (Wildman–Crippen MR) is 106 cm³/mol. The Kier molecular flexibility index (Phi) is 4.48. The van der Waals surface area contributed by atoms with Gasteiger partial charge in [0.05, 0.1) is 0 Å². The van der Waals surface area contributed by atoms with Gasteiger partial charge >= 0.3 is 0 Å². The average molecular weight is 397 g/mol. The van der Waals surface area contributed by atoms with Crippen molar-refractivity contribution in [2.45, 2.75) is 46.2 Å². The first kappa shape index (κ1) is 18.9. The van der Waals surface area contributed by atoms with Crippen LogP contribution in [0.15, 0.2) is 29.2 Å². The van der Waals surface area contributed by atoms with E-state index < -0.39 is 17.3 Å². The Labute approximate surface area is 166 Å². The Morgan fingerprint density at radius 1 is 1.31 bits per heavy atom. The molecule has 0 spiro atoms. The van der Waals surface area contributed by atoms with Crippen molar-refractivity contribution in [3.63, 3.8) is 0 Å². The highest BCUT2D eigenvalue weighted by atomic mass is 16.3. The third-order valence-corrected chi connectivity index (χ3v) is 4.45. The van der Waals surface area contributed by atoms with Crippen molar-refractivity contribution in [2.24, 2.45) is 5.41 Å². The second-order valence-corrected chi connectivity index (χ2v) is 8.43. The minimum atomic E-state index is -0.585. The lowest BCUT2D eigenvalue weighted by atomic mass is 9.97. The minimum Gasteiger partial charge on any atom is -0.492 e. The van der Waals surface area contributed by atoms with Gasteiger partial charge in [-0.05, 0) is 30.4 Å². The zero-order valence-electron chi connectivity index (χ0n) is 16.5. The van der Waals surface area contributed by atoms with Gasteiger partial charge in [-0.15, -0.1) is 10.2 Å². The molecule has 1 saturated carbocycles. The molecule has 0 unspecified atom stereocenters. The van der Waals surface area contributed by atoms with E-state index in [-0.39, 0.29) is 17.0 Å². The van der Waals surface area contributed by atoms with Crippen molar-refractivity contribution in [1.29, 1.82) is 0 Å². The molecule has 0 atom stereocenters. The van der Waals surface area contributed by atoms with Crippen LogP contribution in [0.2, 0.25) is 0 Å². The molecule has 10 heteroatoms. The van der Waals surface area contributed by atoms with E-state index in [9.17, 15) is 14.7 Å². The van der Waals surface area contributed by atoms with Gasteiger partial charge in [-0.25, -0.2) is 0 Å². The number of nitrogens with zero attached hydrogens (tertiary/aromatic N) is 5. The fraction of sp³-hybridized carbons (Fsp3) is 0.421. The van der Waals surface area contributed by atoms with E-state index in [0.29, 0.717) is 23.8 Å². The van der Waals surface area contributed by atoms with E-state index in [4.69, 9.17) is 0 Å². The quantitative estimate of drug-likeness (QED) is 0.598. The number of fused-ring (bicyclic) bond motifs is 1. The average Bonchev–Trinajstić information content (AvgIpc) is 3.35. The Morgan fingerprint density at radius 2 is 2.07 bits per heavy atom. The summed E-state index contributed by atoms with van der Waals surface area (Å²) in [4.78, 5) is 25.8. The van der Waals surface area contributed by atoms with Crippen LogP contribution >= 0.6 is 0 Å². The van der Waals surface area contributed by atoms with Crippen LogP contribution in [0.1, 0.15) is 44.0 Å². The van der Waals surface area contributed by atoms with Crippen LogP contribution < -0.4 is 16.2 Å². The predicted octanol–water partition coefficient (Wildman–Crippen LogP) is 1.67. The Balaban J connectivity index is 1.85. The molecule has 29 heavy (non-hydrogen) atoms. The second-order valence-electron chi connectivity index (χ2n) is 8.43. The van der Waals surface area contributed by atoms with Crippen molar-refractivity contribution in [3.8, 4) is 5.88 Å². The number of carbonyl (C=O) groups excluding carboxylic acids is 1. The van der Waals surface area contributed by atoms with Gasteiger partial charge in [0.15, 0.2) is 17.2 Å². The minimum absolute atomic E-state index is 0.0552. The number of hydrogen-bond acceptors (Lipinski definition) is 7. The van der Waals surface area contributed by atoms with Crippen LogP contribution in [0.4, 0.5) is 11.6 Å². The largest absolute Gasteiger partial charge is 0.492 e. The lowest BCUT2D eigenvalue weighted by Crippen LogP contribution is -2.37. The maximum absolute atomic E-state index is 13.2. The standard InChI is InChI=1S/C19H23N7O3/c1-19(2,3)10-25-14-9-13(22-12-5-4-8-20-23-12)24-26(14)18(29)15(17(25)28)16(27)21-11-6-7-11/h4-5,8-9,11,29H,6-7,10H2,1-3H3,(H,21,27)(H,22,23,24). The summed E-state index contributed by atoms with van der Waals surface area (Å²) in [5.74, 6) is -0.242. The van der Waals surface area contributed by atoms with Gasteiger partial charge in [0.2, 0.25) is 5.88 Å². The molecule has 0 aromatic carbocycles. The third-order valence-electron chi connectivity index (χ3n) is 4.45. The summed E-state index contributed by atoms with van der Waals surface area (Å²) in [6.07, 6.45) is 3.30. The van der Waals surface area contributed by atoms with Gasteiger partial charge in [0, 0.05) is 24.8 Å². The highest BCUT2D eigenvalue weighted by molar-refractivity contribution is 5.96. The molecule has 10 nitrogen and oxygen atoms in total. The molecule has 3 aromatic rings. The Morgan fingerprint density at radius 3 is 2.69 bits per heavy atom. The van der Waals surface area contributed by atoms with Crippen molar-refractivity contribution >= 4 is 23.2 Å². The number of anilines is 2. The topological polar surface area (TPSA) is 126 Å². The molecule has 1 aliphatic carbocycles. The van der Waals surface area contributed by atoms with Crippen molar-refractivity contribution < 1.29 is 9.90 Å². The molecule has 3 heterocycles. The van der Waals surface area contributed by atoms with E-state index in [1.807, 2.05) is 20.8 Å². The highest BCUT2D eigenvalue weighted by Crippen LogP contribution is 2.25. The molecule has 0 saturated heterocycles. The lowest BCUT2D eigenvalue weighted by molar-refractivity contribution is 0.0944. The molecule has 4 rings (SSSR count). The van der Waals surface area contributed by atoms with E-state index in [2.05, 4.69) is 25.9 Å². The smallest absolute Gasteiger partial charge is 0.270 e. The summed E-state index contributed by atoms with van der Waals surface area (Å²) in [5.41, 5.74) is -0.720. The summed E-state index contributed by atoms with van der Waals surface area (Å²) >= 11 is 0. The van der Waals surface area contributed by atoms with Crippen molar-refractivity contribution in [1.82, 2.24) is 29.7 Å². The molecular formula is C19H23N7O3. The molecule has 3 aromatic heterocycles. The monoisotopic (exact) mass is 397 g/mol. The van der Waals surface area contributed by atoms with Gasteiger partial charge in [0.25, 0.3) is 11.5 Å². The SMILES string of the molecule is CC(C)(C)Cn1c(=O)c(C(=O)NC2CC2)c(O)n2nc(Nc3cccnn3)cc12. The summed E-state index contributed by atoms with van der Waals surface area (Å²) in [6.45, 7) is 6.31. The van der Waals surface area contributed by atoms with Gasteiger partial charge in [0.1, 0.15) is 5.65 Å². The van der Waals surface area contributed by atoms with Crippen molar-refractivity contribution in [2.75, 3.05) is 5.32 Å². The second kappa shape index (κ2) is 6.87. The van der Waals surface area contributed by atoms with Gasteiger partial charge in [-0.2, -0.15) is 9.61 Å². The summed E-state index contributed by atoms with van der Waals surface area (Å²) < 4.78 is 2.67. The number of hydrogen-bond donors (Lipinski definition) is 3. The number of aromatic hydroxyl groups is 1. The lowest BCUT2D eigenvalue weighted by Gasteiger charge is -2.21. The van der Waals surface area contributed by atoms with Crippen LogP contribution in [0, 0.1) is 5.41 Å². The molecule has 1 fully saturated rings. The third kappa shape index (κ3) is 3.91. The molecule has 0 aliphatic heterocycles. The Hall–Kier alpha value is -3.43. The van der Waals surface area contributed by atoms with Crippen LogP contribution in [0.3, 0.4) is 0 Å². The zero-order chi connectivity index (χ0) is 20.8. The molecule has 0 bridgehead atoms. The Bertz CT molecular complexity index is 1120. The summed E-state index contributed by atoms with van der Waals surface area (Å²) in [7, 11) is 0. The number of amides is 1. The van der Waals surface area contributed by atoms with Crippen molar-refractivity contribution in [3.05, 3.63) is 40.3 Å². The van der Waals surface area contributed by atoms with Gasteiger partial charge < -0.3 is 15.7 Å². The number of rotatable bonds is 5. The first-order valence-corrected chi connectivity index (χ1v) is 9.44. The molecule has 0 radical (unpaired) electrons. The van der Waals surface area contributed by atoms with E-state index in [1.54, 1.807) is 24.4 Å². The van der Waals surface area contributed by atoms with Crippen LogP contribution in [0.5, 0.6) is 5.88 Å². The first-order chi connectivity index (χ1) is 13.7. The van der Waals surface area contributed by atoms with Crippen LogP contribution in [-0.4, -0.2) is 41.4 Å². The maximum Gasteiger partial charge on any atom is 0.270 e. The van der Waals surface area contributed by atoms with E-state index in [0.717, 1.165) is 12.8 Å². The fourth-order valence-electron chi connectivity index (χ4n) is 3.03. The molecule has 152 valence electrons. The highest BCUT2D eigenvalue weighted by Gasteiger charge is 2.30.